The van der Waals surface area contributed by atoms with Gasteiger partial charge in [0.15, 0.2) is 0 Å². The fourth-order valence-electron chi connectivity index (χ4n) is 2.17. The molecule has 1 aromatic rings. The molecule has 0 bridgehead atoms. The van der Waals surface area contributed by atoms with Crippen molar-refractivity contribution in [2.45, 2.75) is 32.5 Å². The number of nitrogens with zero attached hydrogens (tertiary/aromatic N) is 3. The molecule has 4 nitrogen and oxygen atoms in total. The van der Waals surface area contributed by atoms with Crippen molar-refractivity contribution in [3.05, 3.63) is 18.2 Å². The quantitative estimate of drug-likeness (QED) is 0.843. The van der Waals surface area contributed by atoms with Gasteiger partial charge in [0.2, 0.25) is 5.91 Å². The first-order valence-corrected chi connectivity index (χ1v) is 6.17. The first-order valence-electron chi connectivity index (χ1n) is 6.17. The zero-order valence-electron chi connectivity index (χ0n) is 10.7. The van der Waals surface area contributed by atoms with Gasteiger partial charge in [-0.2, -0.15) is 13.2 Å². The molecular formula is C12H16F3N3O. The molecule has 7 heteroatoms. The number of rotatable bonds is 4. The molecule has 1 saturated heterocycles. The van der Waals surface area contributed by atoms with Gasteiger partial charge < -0.3 is 9.47 Å². The lowest BCUT2D eigenvalue weighted by molar-refractivity contribution is -0.153. The Bertz CT molecular complexity index is 449. The van der Waals surface area contributed by atoms with Crippen LogP contribution in [-0.4, -0.2) is 39.6 Å². The van der Waals surface area contributed by atoms with Crippen LogP contribution in [0.25, 0.3) is 0 Å². The Hall–Kier alpha value is -1.53. The minimum Gasteiger partial charge on any atom is -0.342 e. The molecular weight excluding hydrogens is 259 g/mol. The highest BCUT2D eigenvalue weighted by Gasteiger charge is 2.34. The molecule has 0 radical (unpaired) electrons. The maximum absolute atomic E-state index is 12.0. The van der Waals surface area contributed by atoms with Gasteiger partial charge in [-0.1, -0.05) is 0 Å². The van der Waals surface area contributed by atoms with E-state index in [2.05, 4.69) is 4.98 Å². The van der Waals surface area contributed by atoms with E-state index in [0.717, 1.165) is 12.4 Å². The van der Waals surface area contributed by atoms with Crippen molar-refractivity contribution in [1.82, 2.24) is 14.5 Å². The minimum atomic E-state index is -4.26. The van der Waals surface area contributed by atoms with Crippen LogP contribution in [0.15, 0.2) is 12.4 Å². The maximum atomic E-state index is 12.0. The van der Waals surface area contributed by atoms with E-state index in [4.69, 9.17) is 0 Å². The van der Waals surface area contributed by atoms with E-state index in [1.54, 1.807) is 6.20 Å². The number of amides is 1. The highest BCUT2D eigenvalue weighted by molar-refractivity contribution is 5.77. The van der Waals surface area contributed by atoms with Crippen molar-refractivity contribution in [3.63, 3.8) is 0 Å². The van der Waals surface area contributed by atoms with Crippen LogP contribution in [0.1, 0.15) is 18.7 Å². The van der Waals surface area contributed by atoms with Crippen molar-refractivity contribution >= 4 is 5.91 Å². The van der Waals surface area contributed by atoms with Crippen LogP contribution in [0.3, 0.4) is 0 Å². The summed E-state index contributed by atoms with van der Waals surface area (Å²) in [6.07, 6.45) is -2.16. The Morgan fingerprint density at radius 3 is 2.68 bits per heavy atom. The Morgan fingerprint density at radius 1 is 1.47 bits per heavy atom. The van der Waals surface area contributed by atoms with Crippen molar-refractivity contribution in [3.8, 4) is 0 Å². The molecule has 2 rings (SSSR count). The van der Waals surface area contributed by atoms with Crippen molar-refractivity contribution in [2.24, 2.45) is 5.92 Å². The second-order valence-corrected chi connectivity index (χ2v) is 4.91. The normalized spacial score (nSPS) is 16.5. The van der Waals surface area contributed by atoms with Gasteiger partial charge in [0.05, 0.1) is 6.42 Å². The van der Waals surface area contributed by atoms with E-state index in [9.17, 15) is 18.0 Å². The molecule has 1 amide bonds. The van der Waals surface area contributed by atoms with Crippen molar-refractivity contribution in [2.75, 3.05) is 13.1 Å². The fraction of sp³-hybridized carbons (Fsp3) is 0.667. The highest BCUT2D eigenvalue weighted by Crippen LogP contribution is 2.24. The Kier molecular flexibility index (Phi) is 3.82. The molecule has 0 unspecified atom stereocenters. The zero-order valence-corrected chi connectivity index (χ0v) is 10.7. The number of alkyl halides is 3. The lowest BCUT2D eigenvalue weighted by Crippen LogP contribution is -2.51. The van der Waals surface area contributed by atoms with Gasteiger partial charge >= 0.3 is 6.18 Å². The topological polar surface area (TPSA) is 38.1 Å². The summed E-state index contributed by atoms with van der Waals surface area (Å²) in [5, 5.41) is 0. The SMILES string of the molecule is Cc1nccn1CC1CN(C(=O)CCC(F)(F)F)C1. The molecule has 0 aliphatic carbocycles. The zero-order chi connectivity index (χ0) is 14.0. The lowest BCUT2D eigenvalue weighted by atomic mass is 9.99. The lowest BCUT2D eigenvalue weighted by Gasteiger charge is -2.39. The highest BCUT2D eigenvalue weighted by atomic mass is 19.4. The Balaban J connectivity index is 1.71. The molecule has 1 aromatic heterocycles. The van der Waals surface area contributed by atoms with E-state index in [-0.39, 0.29) is 0 Å². The van der Waals surface area contributed by atoms with Crippen LogP contribution in [-0.2, 0) is 11.3 Å². The number of aromatic nitrogens is 2. The van der Waals surface area contributed by atoms with E-state index in [1.165, 1.54) is 4.90 Å². The summed E-state index contributed by atoms with van der Waals surface area (Å²) < 4.78 is 38.0. The second kappa shape index (κ2) is 5.22. The van der Waals surface area contributed by atoms with Crippen LogP contribution in [0.2, 0.25) is 0 Å². The summed E-state index contributed by atoms with van der Waals surface area (Å²) in [5.74, 6) is 0.806. The summed E-state index contributed by atoms with van der Waals surface area (Å²) in [7, 11) is 0. The first-order chi connectivity index (χ1) is 8.85. The predicted octanol–water partition coefficient (Wildman–Crippen LogP) is 1.99. The summed E-state index contributed by atoms with van der Waals surface area (Å²) >= 11 is 0. The van der Waals surface area contributed by atoms with Crippen LogP contribution < -0.4 is 0 Å². The van der Waals surface area contributed by atoms with E-state index in [1.807, 2.05) is 17.7 Å². The standard InChI is InChI=1S/C12H16F3N3O/c1-9-16-4-5-17(9)6-10-7-18(8-10)11(19)2-3-12(13,14)15/h4-5,10H,2-3,6-8H2,1H3. The smallest absolute Gasteiger partial charge is 0.342 e. The number of hydrogen-bond donors (Lipinski definition) is 0. The number of hydrogen-bond acceptors (Lipinski definition) is 2. The van der Waals surface area contributed by atoms with Gasteiger partial charge in [0.1, 0.15) is 5.82 Å². The van der Waals surface area contributed by atoms with E-state index >= 15 is 0 Å². The molecule has 0 spiro atoms. The van der Waals surface area contributed by atoms with Crippen LogP contribution >= 0.6 is 0 Å². The van der Waals surface area contributed by atoms with Gasteiger partial charge in [-0.05, 0) is 6.92 Å². The summed E-state index contributed by atoms with van der Waals surface area (Å²) in [6, 6.07) is 0. The molecule has 0 aromatic carbocycles. The summed E-state index contributed by atoms with van der Waals surface area (Å²) in [5.41, 5.74) is 0. The van der Waals surface area contributed by atoms with Gasteiger partial charge in [-0.25, -0.2) is 4.98 Å². The van der Waals surface area contributed by atoms with Gasteiger partial charge in [0, 0.05) is 44.4 Å². The average molecular weight is 275 g/mol. The van der Waals surface area contributed by atoms with Crippen LogP contribution in [0.5, 0.6) is 0 Å². The number of likely N-dealkylation sites (tertiary alicyclic amines) is 1. The molecule has 2 heterocycles. The van der Waals surface area contributed by atoms with Gasteiger partial charge in [0.25, 0.3) is 0 Å². The van der Waals surface area contributed by atoms with Gasteiger partial charge in [-0.3, -0.25) is 4.79 Å². The molecule has 19 heavy (non-hydrogen) atoms. The third-order valence-corrected chi connectivity index (χ3v) is 3.31. The van der Waals surface area contributed by atoms with Crippen LogP contribution in [0.4, 0.5) is 13.2 Å². The third-order valence-electron chi connectivity index (χ3n) is 3.31. The Labute approximate surface area is 109 Å². The number of carbonyl (C=O) groups excluding carboxylic acids is 1. The molecule has 0 saturated carbocycles. The molecule has 1 fully saturated rings. The third kappa shape index (κ3) is 3.71. The van der Waals surface area contributed by atoms with E-state index < -0.39 is 24.9 Å². The monoisotopic (exact) mass is 275 g/mol. The van der Waals surface area contributed by atoms with E-state index in [0.29, 0.717) is 19.0 Å². The van der Waals surface area contributed by atoms with Crippen molar-refractivity contribution < 1.29 is 18.0 Å². The predicted molar refractivity (Wildman–Crippen MR) is 62.3 cm³/mol. The minimum absolute atomic E-state index is 0.308. The number of imidazole rings is 1. The summed E-state index contributed by atoms with van der Waals surface area (Å²) in [6.45, 7) is 3.72. The number of carbonyl (C=O) groups is 1. The average Bonchev–Trinajstić information content (AvgIpc) is 2.64. The Morgan fingerprint density at radius 2 is 2.16 bits per heavy atom. The molecule has 0 N–H and O–H groups in total. The molecule has 106 valence electrons. The molecule has 1 aliphatic heterocycles. The summed E-state index contributed by atoms with van der Waals surface area (Å²) in [4.78, 5) is 17.1. The van der Waals surface area contributed by atoms with Crippen LogP contribution in [0, 0.1) is 12.8 Å². The molecule has 0 atom stereocenters. The number of halogens is 3. The maximum Gasteiger partial charge on any atom is 0.389 e. The van der Waals surface area contributed by atoms with Crippen molar-refractivity contribution in [1.29, 1.82) is 0 Å². The van der Waals surface area contributed by atoms with Gasteiger partial charge in [-0.15, -0.1) is 0 Å². The molecule has 1 aliphatic rings. The fourth-order valence-corrected chi connectivity index (χ4v) is 2.17. The first kappa shape index (κ1) is 13.9. The largest absolute Gasteiger partial charge is 0.389 e. The number of aryl methyl sites for hydroxylation is 1. The second-order valence-electron chi connectivity index (χ2n) is 4.91.